The van der Waals surface area contributed by atoms with E-state index in [2.05, 4.69) is 20.4 Å². The monoisotopic (exact) mass is 234 g/mol. The number of halogens is 1. The summed E-state index contributed by atoms with van der Waals surface area (Å²) in [5, 5.41) is 7.11. The zero-order valence-corrected chi connectivity index (χ0v) is 9.06. The van der Waals surface area contributed by atoms with E-state index < -0.39 is 0 Å². The Bertz CT molecular complexity index is 506. The van der Waals surface area contributed by atoms with Gasteiger partial charge in [-0.25, -0.2) is 9.37 Å². The summed E-state index contributed by atoms with van der Waals surface area (Å²) in [5.41, 5.74) is 0.483. The van der Waals surface area contributed by atoms with E-state index in [0.29, 0.717) is 30.0 Å². The van der Waals surface area contributed by atoms with Gasteiger partial charge < -0.3 is 9.84 Å². The normalized spacial score (nSPS) is 15.1. The Kier molecular flexibility index (Phi) is 2.56. The van der Waals surface area contributed by atoms with Gasteiger partial charge in [-0.3, -0.25) is 0 Å². The van der Waals surface area contributed by atoms with Gasteiger partial charge in [-0.15, -0.1) is 0 Å². The first-order chi connectivity index (χ1) is 8.31. The summed E-state index contributed by atoms with van der Waals surface area (Å²) in [5.74, 6) is 0.527. The van der Waals surface area contributed by atoms with Gasteiger partial charge in [-0.05, 0) is 25.0 Å². The summed E-state index contributed by atoms with van der Waals surface area (Å²) in [4.78, 5) is 8.06. The second-order valence-electron chi connectivity index (χ2n) is 4.03. The van der Waals surface area contributed by atoms with Crippen molar-refractivity contribution in [1.29, 1.82) is 0 Å². The van der Waals surface area contributed by atoms with Crippen LogP contribution in [0.5, 0.6) is 0 Å². The Balaban J connectivity index is 1.72. The highest BCUT2D eigenvalue weighted by Crippen LogP contribution is 2.19. The summed E-state index contributed by atoms with van der Waals surface area (Å²) in [7, 11) is 0. The van der Waals surface area contributed by atoms with Gasteiger partial charge in [0.25, 0.3) is 5.89 Å². The number of nitrogens with zero attached hydrogens (tertiary/aromatic N) is 3. The minimum Gasteiger partial charge on any atom is -0.332 e. The van der Waals surface area contributed by atoms with E-state index in [1.165, 1.54) is 25.0 Å². The second kappa shape index (κ2) is 4.21. The molecule has 0 aliphatic heterocycles. The summed E-state index contributed by atoms with van der Waals surface area (Å²) < 4.78 is 17.7. The molecule has 0 aromatic carbocycles. The molecular weight excluding hydrogens is 223 g/mol. The van der Waals surface area contributed by atoms with E-state index in [4.69, 9.17) is 4.52 Å². The molecule has 0 amide bonds. The first-order valence-corrected chi connectivity index (χ1v) is 5.49. The Morgan fingerprint density at radius 2 is 2.29 bits per heavy atom. The Labute approximate surface area is 97.1 Å². The van der Waals surface area contributed by atoms with Crippen LogP contribution < -0.4 is 5.32 Å². The average Bonchev–Trinajstić information content (AvgIpc) is 3.06. The van der Waals surface area contributed by atoms with Crippen molar-refractivity contribution >= 4 is 0 Å². The average molecular weight is 234 g/mol. The van der Waals surface area contributed by atoms with Crippen LogP contribution >= 0.6 is 0 Å². The molecule has 1 aliphatic carbocycles. The number of rotatable bonds is 4. The number of nitrogens with one attached hydrogen (secondary N) is 1. The van der Waals surface area contributed by atoms with Gasteiger partial charge in [0.15, 0.2) is 5.82 Å². The van der Waals surface area contributed by atoms with Crippen molar-refractivity contribution in [2.45, 2.75) is 25.4 Å². The van der Waals surface area contributed by atoms with Gasteiger partial charge in [-0.2, -0.15) is 4.98 Å². The van der Waals surface area contributed by atoms with Crippen molar-refractivity contribution in [3.63, 3.8) is 0 Å². The lowest BCUT2D eigenvalue weighted by atomic mass is 10.3. The minimum absolute atomic E-state index is 0.317. The fourth-order valence-electron chi connectivity index (χ4n) is 1.46. The lowest BCUT2D eigenvalue weighted by Crippen LogP contribution is -2.16. The molecule has 0 spiro atoms. The van der Waals surface area contributed by atoms with Gasteiger partial charge in [0.1, 0.15) is 11.5 Å². The van der Waals surface area contributed by atoms with Crippen LogP contribution in [0.2, 0.25) is 0 Å². The van der Waals surface area contributed by atoms with Crippen molar-refractivity contribution in [3.8, 4) is 11.6 Å². The Morgan fingerprint density at radius 1 is 1.41 bits per heavy atom. The Morgan fingerprint density at radius 3 is 3.00 bits per heavy atom. The molecule has 1 N–H and O–H groups in total. The van der Waals surface area contributed by atoms with Crippen LogP contribution in [0.1, 0.15) is 18.7 Å². The standard InChI is InChI=1S/C11H11FN4O/c12-7-1-4-9(14-5-7)11-15-10(16-17-11)6-13-8-2-3-8/h1,4-5,8,13H,2-3,6H2. The Hall–Kier alpha value is -1.82. The van der Waals surface area contributed by atoms with Crippen molar-refractivity contribution in [2.75, 3.05) is 0 Å². The molecule has 17 heavy (non-hydrogen) atoms. The molecular formula is C11H11FN4O. The maximum Gasteiger partial charge on any atom is 0.276 e. The van der Waals surface area contributed by atoms with Crippen LogP contribution in [0.4, 0.5) is 4.39 Å². The van der Waals surface area contributed by atoms with Crippen LogP contribution in [0.3, 0.4) is 0 Å². The van der Waals surface area contributed by atoms with E-state index in [0.717, 1.165) is 6.20 Å². The molecule has 0 bridgehead atoms. The van der Waals surface area contributed by atoms with E-state index in [-0.39, 0.29) is 5.82 Å². The molecule has 0 radical (unpaired) electrons. The molecule has 6 heteroatoms. The van der Waals surface area contributed by atoms with Gasteiger partial charge >= 0.3 is 0 Å². The smallest absolute Gasteiger partial charge is 0.276 e. The third-order valence-electron chi connectivity index (χ3n) is 2.54. The largest absolute Gasteiger partial charge is 0.332 e. The molecule has 0 saturated heterocycles. The van der Waals surface area contributed by atoms with Crippen molar-refractivity contribution in [2.24, 2.45) is 0 Å². The summed E-state index contributed by atoms with van der Waals surface area (Å²) in [6, 6.07) is 3.43. The van der Waals surface area contributed by atoms with Crippen LogP contribution in [0.25, 0.3) is 11.6 Å². The third kappa shape index (κ3) is 2.47. The number of aromatic nitrogens is 3. The number of pyridine rings is 1. The van der Waals surface area contributed by atoms with Gasteiger partial charge in [0.2, 0.25) is 0 Å². The third-order valence-corrected chi connectivity index (χ3v) is 2.54. The van der Waals surface area contributed by atoms with E-state index in [1.54, 1.807) is 0 Å². The second-order valence-corrected chi connectivity index (χ2v) is 4.03. The lowest BCUT2D eigenvalue weighted by Gasteiger charge is -1.94. The first-order valence-electron chi connectivity index (χ1n) is 5.49. The van der Waals surface area contributed by atoms with Gasteiger partial charge in [0.05, 0.1) is 12.7 Å². The quantitative estimate of drug-likeness (QED) is 0.869. The highest BCUT2D eigenvalue weighted by Gasteiger charge is 2.21. The van der Waals surface area contributed by atoms with E-state index >= 15 is 0 Å². The molecule has 0 atom stereocenters. The highest BCUT2D eigenvalue weighted by molar-refractivity contribution is 5.45. The molecule has 0 unspecified atom stereocenters. The van der Waals surface area contributed by atoms with Crippen molar-refractivity contribution in [3.05, 3.63) is 30.0 Å². The molecule has 2 aromatic rings. The van der Waals surface area contributed by atoms with Gasteiger partial charge in [0, 0.05) is 6.04 Å². The van der Waals surface area contributed by atoms with Crippen LogP contribution in [-0.2, 0) is 6.54 Å². The molecule has 5 nitrogen and oxygen atoms in total. The van der Waals surface area contributed by atoms with Crippen LogP contribution in [0.15, 0.2) is 22.9 Å². The summed E-state index contributed by atoms with van der Waals surface area (Å²) in [6.45, 7) is 0.593. The van der Waals surface area contributed by atoms with Crippen molar-refractivity contribution in [1.82, 2.24) is 20.4 Å². The molecule has 2 aromatic heterocycles. The van der Waals surface area contributed by atoms with Gasteiger partial charge in [-0.1, -0.05) is 5.16 Å². The first kappa shape index (κ1) is 10.3. The predicted octanol–water partition coefficient (Wildman–Crippen LogP) is 1.52. The zero-order chi connectivity index (χ0) is 11.7. The maximum absolute atomic E-state index is 12.7. The van der Waals surface area contributed by atoms with Crippen LogP contribution in [0, 0.1) is 5.82 Å². The molecule has 3 rings (SSSR count). The number of hydrogen-bond acceptors (Lipinski definition) is 5. The predicted molar refractivity (Wildman–Crippen MR) is 57.3 cm³/mol. The maximum atomic E-state index is 12.7. The molecule has 2 heterocycles. The fourth-order valence-corrected chi connectivity index (χ4v) is 1.46. The molecule has 88 valence electrons. The highest BCUT2D eigenvalue weighted by atomic mass is 19.1. The molecule has 1 fully saturated rings. The molecule has 1 aliphatic rings. The minimum atomic E-state index is -0.385. The van der Waals surface area contributed by atoms with Crippen molar-refractivity contribution < 1.29 is 8.91 Å². The lowest BCUT2D eigenvalue weighted by molar-refractivity contribution is 0.418. The number of hydrogen-bond donors (Lipinski definition) is 1. The molecule has 1 saturated carbocycles. The SMILES string of the molecule is Fc1ccc(-c2nc(CNC3CC3)no2)nc1. The summed E-state index contributed by atoms with van der Waals surface area (Å²) in [6.07, 6.45) is 3.55. The van der Waals surface area contributed by atoms with E-state index in [9.17, 15) is 4.39 Å². The topological polar surface area (TPSA) is 63.8 Å². The van der Waals surface area contributed by atoms with Crippen LogP contribution in [-0.4, -0.2) is 21.2 Å². The fraction of sp³-hybridized carbons (Fsp3) is 0.364. The zero-order valence-electron chi connectivity index (χ0n) is 9.06. The summed E-state index contributed by atoms with van der Waals surface area (Å²) >= 11 is 0. The van der Waals surface area contributed by atoms with E-state index in [1.807, 2.05) is 0 Å².